The molecule has 2 unspecified atom stereocenters. The molecule has 1 aliphatic heterocycles. The van der Waals surface area contributed by atoms with Crippen molar-refractivity contribution in [3.63, 3.8) is 0 Å². The zero-order chi connectivity index (χ0) is 12.3. The molecule has 0 aromatic rings. The molecule has 2 fully saturated rings. The van der Waals surface area contributed by atoms with E-state index in [-0.39, 0.29) is 11.9 Å². The second kappa shape index (κ2) is 5.83. The van der Waals surface area contributed by atoms with Crippen molar-refractivity contribution in [2.24, 2.45) is 11.7 Å². The highest BCUT2D eigenvalue weighted by Crippen LogP contribution is 2.30. The molecule has 98 valence electrons. The minimum absolute atomic E-state index is 0.0713. The molecule has 2 atom stereocenters. The third-order valence-electron chi connectivity index (χ3n) is 3.96. The van der Waals surface area contributed by atoms with E-state index in [2.05, 4.69) is 17.1 Å². The van der Waals surface area contributed by atoms with Crippen LogP contribution in [0.15, 0.2) is 0 Å². The van der Waals surface area contributed by atoms with Crippen LogP contribution in [0.2, 0.25) is 0 Å². The van der Waals surface area contributed by atoms with Crippen LogP contribution in [0.5, 0.6) is 0 Å². The standard InChI is InChI=1S/C13H25N3O/c1-2-12(13(14)17)16(8-10-5-6-10)9-11-4-3-7-15-11/h10-12,15H,2-9H2,1H3,(H2,14,17). The number of hydrogen-bond donors (Lipinski definition) is 2. The van der Waals surface area contributed by atoms with Crippen molar-refractivity contribution in [1.82, 2.24) is 10.2 Å². The van der Waals surface area contributed by atoms with E-state index < -0.39 is 0 Å². The van der Waals surface area contributed by atoms with E-state index in [0.29, 0.717) is 6.04 Å². The lowest BCUT2D eigenvalue weighted by Crippen LogP contribution is -2.49. The number of primary amides is 1. The molecule has 0 bridgehead atoms. The summed E-state index contributed by atoms with van der Waals surface area (Å²) in [5.74, 6) is 0.649. The molecular weight excluding hydrogens is 214 g/mol. The first-order valence-electron chi connectivity index (χ1n) is 6.97. The van der Waals surface area contributed by atoms with Crippen molar-refractivity contribution >= 4 is 5.91 Å². The largest absolute Gasteiger partial charge is 0.368 e. The number of amides is 1. The molecule has 4 nitrogen and oxygen atoms in total. The van der Waals surface area contributed by atoms with Gasteiger partial charge in [-0.2, -0.15) is 0 Å². The van der Waals surface area contributed by atoms with Crippen LogP contribution in [0.25, 0.3) is 0 Å². The first-order valence-corrected chi connectivity index (χ1v) is 6.97. The average Bonchev–Trinajstić information content (AvgIpc) is 2.93. The van der Waals surface area contributed by atoms with Crippen LogP contribution in [0.3, 0.4) is 0 Å². The van der Waals surface area contributed by atoms with E-state index in [1.807, 2.05) is 0 Å². The Morgan fingerprint density at radius 2 is 2.18 bits per heavy atom. The molecule has 1 saturated heterocycles. The van der Waals surface area contributed by atoms with E-state index in [9.17, 15) is 4.79 Å². The van der Waals surface area contributed by atoms with Crippen LogP contribution >= 0.6 is 0 Å². The van der Waals surface area contributed by atoms with E-state index in [1.165, 1.54) is 25.7 Å². The van der Waals surface area contributed by atoms with Crippen LogP contribution in [0, 0.1) is 5.92 Å². The number of nitrogens with zero attached hydrogens (tertiary/aromatic N) is 1. The van der Waals surface area contributed by atoms with Crippen LogP contribution in [-0.2, 0) is 4.79 Å². The van der Waals surface area contributed by atoms with Gasteiger partial charge in [-0.1, -0.05) is 6.92 Å². The summed E-state index contributed by atoms with van der Waals surface area (Å²) in [6.07, 6.45) is 5.97. The van der Waals surface area contributed by atoms with Crippen molar-refractivity contribution in [3.05, 3.63) is 0 Å². The zero-order valence-electron chi connectivity index (χ0n) is 10.8. The number of carbonyl (C=O) groups excluding carboxylic acids is 1. The summed E-state index contributed by atoms with van der Waals surface area (Å²) in [7, 11) is 0. The van der Waals surface area contributed by atoms with Crippen molar-refractivity contribution in [3.8, 4) is 0 Å². The Morgan fingerprint density at radius 1 is 1.41 bits per heavy atom. The Morgan fingerprint density at radius 3 is 2.65 bits per heavy atom. The van der Waals surface area contributed by atoms with Crippen molar-refractivity contribution in [1.29, 1.82) is 0 Å². The van der Waals surface area contributed by atoms with Gasteiger partial charge in [-0.25, -0.2) is 0 Å². The summed E-state index contributed by atoms with van der Waals surface area (Å²) >= 11 is 0. The van der Waals surface area contributed by atoms with E-state index in [1.54, 1.807) is 0 Å². The maximum Gasteiger partial charge on any atom is 0.234 e. The normalized spacial score (nSPS) is 26.4. The highest BCUT2D eigenvalue weighted by atomic mass is 16.1. The SMILES string of the molecule is CCC(C(N)=O)N(CC1CC1)CC1CCCN1. The van der Waals surface area contributed by atoms with Gasteiger partial charge < -0.3 is 11.1 Å². The van der Waals surface area contributed by atoms with Gasteiger partial charge in [-0.3, -0.25) is 9.69 Å². The predicted octanol–water partition coefficient (Wildman–Crippen LogP) is 0.714. The molecule has 1 heterocycles. The van der Waals surface area contributed by atoms with Crippen molar-refractivity contribution in [2.45, 2.75) is 51.1 Å². The number of nitrogens with two attached hydrogens (primary N) is 1. The second-order valence-electron chi connectivity index (χ2n) is 5.52. The lowest BCUT2D eigenvalue weighted by atomic mass is 10.1. The third kappa shape index (κ3) is 3.68. The van der Waals surface area contributed by atoms with Gasteiger partial charge in [-0.05, 0) is 44.6 Å². The number of rotatable bonds is 7. The Balaban J connectivity index is 1.92. The van der Waals surface area contributed by atoms with Gasteiger partial charge in [0.15, 0.2) is 0 Å². The fourth-order valence-corrected chi connectivity index (χ4v) is 2.80. The molecule has 4 heteroatoms. The van der Waals surface area contributed by atoms with E-state index in [4.69, 9.17) is 5.73 Å². The lowest BCUT2D eigenvalue weighted by molar-refractivity contribution is -0.123. The van der Waals surface area contributed by atoms with Crippen LogP contribution in [-0.4, -0.2) is 42.5 Å². The Bertz CT molecular complexity index is 259. The molecule has 3 N–H and O–H groups in total. The molecule has 2 rings (SSSR count). The monoisotopic (exact) mass is 239 g/mol. The highest BCUT2D eigenvalue weighted by Gasteiger charge is 2.31. The van der Waals surface area contributed by atoms with Crippen molar-refractivity contribution in [2.75, 3.05) is 19.6 Å². The van der Waals surface area contributed by atoms with Crippen molar-refractivity contribution < 1.29 is 4.79 Å². The summed E-state index contributed by atoms with van der Waals surface area (Å²) in [4.78, 5) is 13.8. The van der Waals surface area contributed by atoms with Gasteiger partial charge >= 0.3 is 0 Å². The van der Waals surface area contributed by atoms with Crippen LogP contribution < -0.4 is 11.1 Å². The fourth-order valence-electron chi connectivity index (χ4n) is 2.80. The van der Waals surface area contributed by atoms with Gasteiger partial charge in [0, 0.05) is 19.1 Å². The quantitative estimate of drug-likeness (QED) is 0.688. The molecule has 2 aliphatic rings. The maximum atomic E-state index is 11.5. The van der Waals surface area contributed by atoms with Gasteiger partial charge in [0.05, 0.1) is 6.04 Å². The third-order valence-corrected chi connectivity index (χ3v) is 3.96. The van der Waals surface area contributed by atoms with Gasteiger partial charge in [0.1, 0.15) is 0 Å². The van der Waals surface area contributed by atoms with Crippen LogP contribution in [0.4, 0.5) is 0 Å². The van der Waals surface area contributed by atoms with E-state index >= 15 is 0 Å². The minimum atomic E-state index is -0.161. The molecule has 1 amide bonds. The molecule has 1 saturated carbocycles. The summed E-state index contributed by atoms with van der Waals surface area (Å²) in [5, 5.41) is 3.50. The summed E-state index contributed by atoms with van der Waals surface area (Å²) in [6, 6.07) is 0.486. The number of carbonyl (C=O) groups is 1. The molecule has 0 aromatic heterocycles. The summed E-state index contributed by atoms with van der Waals surface area (Å²) < 4.78 is 0. The number of nitrogens with one attached hydrogen (secondary N) is 1. The van der Waals surface area contributed by atoms with Gasteiger partial charge in [0.25, 0.3) is 0 Å². The predicted molar refractivity (Wildman–Crippen MR) is 68.6 cm³/mol. The van der Waals surface area contributed by atoms with Gasteiger partial charge in [-0.15, -0.1) is 0 Å². The number of hydrogen-bond acceptors (Lipinski definition) is 3. The summed E-state index contributed by atoms with van der Waals surface area (Å²) in [5.41, 5.74) is 5.52. The topological polar surface area (TPSA) is 58.4 Å². The Kier molecular flexibility index (Phi) is 4.40. The fraction of sp³-hybridized carbons (Fsp3) is 0.923. The van der Waals surface area contributed by atoms with Crippen LogP contribution in [0.1, 0.15) is 39.0 Å². The molecule has 17 heavy (non-hydrogen) atoms. The highest BCUT2D eigenvalue weighted by molar-refractivity contribution is 5.79. The smallest absolute Gasteiger partial charge is 0.234 e. The van der Waals surface area contributed by atoms with E-state index in [0.717, 1.165) is 32.0 Å². The second-order valence-corrected chi connectivity index (χ2v) is 5.52. The first kappa shape index (κ1) is 12.8. The molecule has 0 spiro atoms. The van der Waals surface area contributed by atoms with Gasteiger partial charge in [0.2, 0.25) is 5.91 Å². The zero-order valence-corrected chi connectivity index (χ0v) is 10.8. The molecule has 0 aromatic carbocycles. The molecule has 0 radical (unpaired) electrons. The average molecular weight is 239 g/mol. The summed E-state index contributed by atoms with van der Waals surface area (Å²) in [6.45, 7) is 5.21. The molecule has 1 aliphatic carbocycles. The lowest BCUT2D eigenvalue weighted by Gasteiger charge is -2.31. The molecular formula is C13H25N3O. The first-order chi connectivity index (χ1) is 8.20. The Hall–Kier alpha value is -0.610. The Labute approximate surface area is 104 Å². The minimum Gasteiger partial charge on any atom is -0.368 e. The maximum absolute atomic E-state index is 11.5.